The van der Waals surface area contributed by atoms with Crippen molar-refractivity contribution >= 4 is 5.78 Å². The molecule has 4 rings (SSSR count). The van der Waals surface area contributed by atoms with Crippen molar-refractivity contribution in [2.75, 3.05) is 0 Å². The van der Waals surface area contributed by atoms with Gasteiger partial charge >= 0.3 is 0 Å². The second-order valence-electron chi connectivity index (χ2n) is 9.18. The number of Topliss-reactive ketones (excluding diaryl/α,β-unsaturated/α-hetero) is 1. The van der Waals surface area contributed by atoms with Crippen LogP contribution in [0.15, 0.2) is 17.4 Å². The molecule has 2 heteroatoms. The van der Waals surface area contributed by atoms with Crippen molar-refractivity contribution < 1.29 is 9.90 Å². The molecule has 0 saturated heterocycles. The normalized spacial score (nSPS) is 51.5. The van der Waals surface area contributed by atoms with Gasteiger partial charge in [0.15, 0.2) is 0 Å². The third kappa shape index (κ3) is 2.07. The van der Waals surface area contributed by atoms with Crippen molar-refractivity contribution in [2.24, 2.45) is 34.5 Å². The first kappa shape index (κ1) is 15.7. The highest BCUT2D eigenvalue weighted by Crippen LogP contribution is 2.65. The Morgan fingerprint density at radius 1 is 1.17 bits per heavy atom. The van der Waals surface area contributed by atoms with Crippen LogP contribution in [-0.4, -0.2) is 17.0 Å². The maximum atomic E-state index is 12.1. The van der Waals surface area contributed by atoms with E-state index in [0.29, 0.717) is 23.5 Å². The Morgan fingerprint density at radius 3 is 2.70 bits per heavy atom. The number of fused-ring (bicyclic) bond motifs is 5. The van der Waals surface area contributed by atoms with E-state index in [4.69, 9.17) is 0 Å². The van der Waals surface area contributed by atoms with Gasteiger partial charge in [0.25, 0.3) is 0 Å². The fourth-order valence-corrected chi connectivity index (χ4v) is 6.86. The maximum Gasteiger partial charge on any atom is 0.133 e. The largest absolute Gasteiger partial charge is 0.393 e. The number of aliphatic hydroxyl groups excluding tert-OH is 1. The molecule has 3 fully saturated rings. The van der Waals surface area contributed by atoms with Crippen LogP contribution in [0.25, 0.3) is 0 Å². The van der Waals surface area contributed by atoms with Crippen molar-refractivity contribution in [3.8, 4) is 0 Å². The van der Waals surface area contributed by atoms with Crippen LogP contribution in [0.5, 0.6) is 0 Å². The highest BCUT2D eigenvalue weighted by Gasteiger charge is 2.58. The molecule has 4 aliphatic carbocycles. The van der Waals surface area contributed by atoms with E-state index in [-0.39, 0.29) is 22.9 Å². The van der Waals surface area contributed by atoms with Crippen LogP contribution < -0.4 is 0 Å². The van der Waals surface area contributed by atoms with Gasteiger partial charge in [0.1, 0.15) is 5.78 Å². The number of rotatable bonds is 1. The van der Waals surface area contributed by atoms with E-state index in [1.807, 2.05) is 0 Å². The summed E-state index contributed by atoms with van der Waals surface area (Å²) in [5.41, 5.74) is 5.41. The van der Waals surface area contributed by atoms with Crippen LogP contribution in [0.1, 0.15) is 65.7 Å². The Morgan fingerprint density at radius 2 is 1.96 bits per heavy atom. The van der Waals surface area contributed by atoms with Crippen LogP contribution >= 0.6 is 0 Å². The molecule has 7 atom stereocenters. The molecule has 3 saturated carbocycles. The van der Waals surface area contributed by atoms with Gasteiger partial charge in [-0.25, -0.2) is 0 Å². The highest BCUT2D eigenvalue weighted by molar-refractivity contribution is 5.79. The van der Waals surface area contributed by atoms with Crippen LogP contribution in [0, 0.1) is 34.5 Å². The van der Waals surface area contributed by atoms with Gasteiger partial charge in [-0.3, -0.25) is 4.79 Å². The predicted octanol–water partition coefficient (Wildman–Crippen LogP) is 4.28. The van der Waals surface area contributed by atoms with E-state index in [1.54, 1.807) is 6.92 Å². The monoisotopic (exact) mass is 314 g/mol. The minimum absolute atomic E-state index is 0.169. The van der Waals surface area contributed by atoms with Gasteiger partial charge in [-0.1, -0.05) is 13.8 Å². The lowest BCUT2D eigenvalue weighted by atomic mass is 9.48. The first-order valence-corrected chi connectivity index (χ1v) is 9.51. The molecule has 0 radical (unpaired) electrons. The van der Waals surface area contributed by atoms with Crippen molar-refractivity contribution in [1.29, 1.82) is 0 Å². The third-order valence-corrected chi connectivity index (χ3v) is 8.22. The van der Waals surface area contributed by atoms with Crippen LogP contribution in [-0.2, 0) is 4.79 Å². The molecule has 0 aromatic rings. The van der Waals surface area contributed by atoms with Crippen molar-refractivity contribution in [1.82, 2.24) is 0 Å². The van der Waals surface area contributed by atoms with Gasteiger partial charge in [-0.2, -0.15) is 0 Å². The average Bonchev–Trinajstić information content (AvgIpc) is 2.85. The molecule has 2 nitrogen and oxygen atoms in total. The summed E-state index contributed by atoms with van der Waals surface area (Å²) < 4.78 is 0. The maximum absolute atomic E-state index is 12.1. The van der Waals surface area contributed by atoms with Crippen LogP contribution in [0.2, 0.25) is 0 Å². The average molecular weight is 314 g/mol. The van der Waals surface area contributed by atoms with E-state index in [2.05, 4.69) is 25.7 Å². The Labute approximate surface area is 140 Å². The molecule has 126 valence electrons. The minimum Gasteiger partial charge on any atom is -0.393 e. The van der Waals surface area contributed by atoms with Gasteiger partial charge in [0, 0.05) is 12.3 Å². The molecule has 0 aliphatic heterocycles. The van der Waals surface area contributed by atoms with Gasteiger partial charge in [0.05, 0.1) is 6.10 Å². The number of carbonyl (C=O) groups excluding carboxylic acids is 1. The van der Waals surface area contributed by atoms with Crippen molar-refractivity contribution in [3.63, 3.8) is 0 Å². The topological polar surface area (TPSA) is 37.3 Å². The van der Waals surface area contributed by atoms with E-state index < -0.39 is 0 Å². The molecule has 0 unspecified atom stereocenters. The Hall–Kier alpha value is -0.850. The zero-order valence-corrected chi connectivity index (χ0v) is 14.8. The second-order valence-corrected chi connectivity index (χ2v) is 9.18. The molecule has 0 aromatic carbocycles. The molecule has 0 bridgehead atoms. The van der Waals surface area contributed by atoms with E-state index >= 15 is 0 Å². The van der Waals surface area contributed by atoms with Gasteiger partial charge < -0.3 is 5.11 Å². The Balaban J connectivity index is 1.71. The molecular formula is C21H30O2. The molecule has 23 heavy (non-hydrogen) atoms. The van der Waals surface area contributed by atoms with Crippen LogP contribution in [0.4, 0.5) is 0 Å². The van der Waals surface area contributed by atoms with Crippen molar-refractivity contribution in [3.05, 3.63) is 17.4 Å². The number of ketones is 1. The molecule has 1 N–H and O–H groups in total. The van der Waals surface area contributed by atoms with E-state index in [0.717, 1.165) is 25.7 Å². The summed E-state index contributed by atoms with van der Waals surface area (Å²) in [7, 11) is 0. The molecule has 0 heterocycles. The number of hydrogen-bond donors (Lipinski definition) is 1. The van der Waals surface area contributed by atoms with Gasteiger partial charge in [-0.05, 0) is 85.7 Å². The van der Waals surface area contributed by atoms with Crippen LogP contribution in [0.3, 0.4) is 0 Å². The number of carbonyl (C=O) groups is 1. The summed E-state index contributed by atoms with van der Waals surface area (Å²) in [6.45, 7) is 6.60. The lowest BCUT2D eigenvalue weighted by molar-refractivity contribution is -0.126. The third-order valence-electron chi connectivity index (χ3n) is 8.22. The minimum atomic E-state index is -0.169. The summed E-state index contributed by atoms with van der Waals surface area (Å²) in [6, 6.07) is 0. The first-order valence-electron chi connectivity index (χ1n) is 9.51. The second kappa shape index (κ2) is 5.07. The van der Waals surface area contributed by atoms with E-state index in [1.165, 1.54) is 24.8 Å². The van der Waals surface area contributed by atoms with Gasteiger partial charge in [0.2, 0.25) is 0 Å². The SMILES string of the molecule is CC(=O)[C@H]1CC[C@H]2[C@@H]3C=C=C4C[C@@H](O)CC[C@]4(C)[C@H]3CC[C@]12C. The quantitative estimate of drug-likeness (QED) is 0.733. The smallest absolute Gasteiger partial charge is 0.133 e. The summed E-state index contributed by atoms with van der Waals surface area (Å²) in [5.74, 6) is 2.59. The fraction of sp³-hybridized carbons (Fsp3) is 0.810. The number of hydrogen-bond acceptors (Lipinski definition) is 2. The summed E-state index contributed by atoms with van der Waals surface area (Å²) in [4.78, 5) is 12.1. The molecular weight excluding hydrogens is 284 g/mol. The standard InChI is InChI=1S/C21H30O2/c1-13(22)17-6-7-18-16-5-4-14-12-15(23)8-10-20(14,2)19(16)9-11-21(17,18)3/h5,15-19,23H,6-12H2,1-3H3/t15-,16-,17+,18-,19-,20-,21+/m0/s1. The zero-order valence-electron chi connectivity index (χ0n) is 14.8. The molecule has 4 aliphatic rings. The number of aliphatic hydroxyl groups is 1. The summed E-state index contributed by atoms with van der Waals surface area (Å²) >= 11 is 0. The predicted molar refractivity (Wildman–Crippen MR) is 90.8 cm³/mol. The van der Waals surface area contributed by atoms with E-state index in [9.17, 15) is 9.90 Å². The molecule has 0 spiro atoms. The highest BCUT2D eigenvalue weighted by atomic mass is 16.3. The first-order chi connectivity index (χ1) is 10.9. The lowest BCUT2D eigenvalue weighted by Crippen LogP contribution is -2.49. The summed E-state index contributed by atoms with van der Waals surface area (Å²) in [5, 5.41) is 10.0. The zero-order chi connectivity index (χ0) is 16.4. The Kier molecular flexibility index (Phi) is 3.45. The fourth-order valence-electron chi connectivity index (χ4n) is 6.86. The van der Waals surface area contributed by atoms with Gasteiger partial charge in [-0.15, -0.1) is 5.73 Å². The van der Waals surface area contributed by atoms with Crippen molar-refractivity contribution in [2.45, 2.75) is 71.8 Å². The Bertz CT molecular complexity index is 599. The lowest BCUT2D eigenvalue weighted by Gasteiger charge is -2.55. The summed E-state index contributed by atoms with van der Waals surface area (Å²) in [6.07, 6.45) is 9.73. The molecule has 0 amide bonds. The molecule has 0 aromatic heterocycles.